The van der Waals surface area contributed by atoms with E-state index in [0.29, 0.717) is 10.6 Å². The Labute approximate surface area is 97.8 Å². The molecule has 0 saturated carbocycles. The summed E-state index contributed by atoms with van der Waals surface area (Å²) < 4.78 is 1.62. The van der Waals surface area contributed by atoms with Gasteiger partial charge in [-0.1, -0.05) is 11.6 Å². The molecule has 0 fully saturated rings. The second-order valence-corrected chi connectivity index (χ2v) is 4.59. The SMILES string of the molecule is CC(=O)c1ccc(Br)c(Cl)c1I. The maximum Gasteiger partial charge on any atom is 0.160 e. The Morgan fingerprint density at radius 1 is 1.58 bits per heavy atom. The summed E-state index contributed by atoms with van der Waals surface area (Å²) in [5, 5.41) is 0.600. The number of hydrogen-bond donors (Lipinski definition) is 0. The molecule has 0 aliphatic heterocycles. The quantitative estimate of drug-likeness (QED) is 0.422. The van der Waals surface area contributed by atoms with Crippen molar-refractivity contribution in [2.45, 2.75) is 6.92 Å². The van der Waals surface area contributed by atoms with Gasteiger partial charge in [-0.2, -0.15) is 0 Å². The number of ketones is 1. The van der Waals surface area contributed by atoms with Gasteiger partial charge in [0.1, 0.15) is 0 Å². The summed E-state index contributed by atoms with van der Waals surface area (Å²) in [5.74, 6) is 0.0359. The summed E-state index contributed by atoms with van der Waals surface area (Å²) in [6.45, 7) is 1.53. The Bertz CT molecular complexity index is 338. The van der Waals surface area contributed by atoms with Crippen molar-refractivity contribution in [3.63, 3.8) is 0 Å². The van der Waals surface area contributed by atoms with E-state index in [0.717, 1.165) is 8.04 Å². The molecule has 0 aromatic heterocycles. The summed E-state index contributed by atoms with van der Waals surface area (Å²) in [7, 11) is 0. The molecule has 0 unspecified atom stereocenters. The lowest BCUT2D eigenvalue weighted by molar-refractivity contribution is 0.101. The van der Waals surface area contributed by atoms with E-state index in [2.05, 4.69) is 38.5 Å². The van der Waals surface area contributed by atoms with Gasteiger partial charge in [-0.05, 0) is 57.6 Å². The normalized spacial score (nSPS) is 10.0. The average Bonchev–Trinajstić information content (AvgIpc) is 2.00. The number of benzene rings is 1. The molecule has 64 valence electrons. The van der Waals surface area contributed by atoms with Crippen molar-refractivity contribution >= 4 is 55.9 Å². The summed E-state index contributed by atoms with van der Waals surface area (Å²) in [5.41, 5.74) is 0.670. The number of hydrogen-bond acceptors (Lipinski definition) is 1. The zero-order valence-electron chi connectivity index (χ0n) is 6.20. The van der Waals surface area contributed by atoms with Crippen LogP contribution in [0.1, 0.15) is 17.3 Å². The minimum atomic E-state index is 0.0359. The zero-order valence-corrected chi connectivity index (χ0v) is 10.7. The Balaban J connectivity index is 3.36. The summed E-state index contributed by atoms with van der Waals surface area (Å²) >= 11 is 11.3. The molecule has 0 saturated heterocycles. The molecule has 1 rings (SSSR count). The third kappa shape index (κ3) is 2.00. The van der Waals surface area contributed by atoms with Crippen molar-refractivity contribution in [2.75, 3.05) is 0 Å². The molecule has 0 heterocycles. The highest BCUT2D eigenvalue weighted by Crippen LogP contribution is 2.30. The zero-order chi connectivity index (χ0) is 9.30. The van der Waals surface area contributed by atoms with Crippen LogP contribution in [0.2, 0.25) is 5.02 Å². The molecule has 0 N–H and O–H groups in total. The van der Waals surface area contributed by atoms with Crippen molar-refractivity contribution in [3.05, 3.63) is 30.8 Å². The van der Waals surface area contributed by atoms with Crippen LogP contribution in [0.5, 0.6) is 0 Å². The predicted molar refractivity (Wildman–Crippen MR) is 61.9 cm³/mol. The van der Waals surface area contributed by atoms with E-state index in [1.807, 2.05) is 0 Å². The van der Waals surface area contributed by atoms with Crippen molar-refractivity contribution in [1.29, 1.82) is 0 Å². The van der Waals surface area contributed by atoms with E-state index in [1.165, 1.54) is 6.92 Å². The summed E-state index contributed by atoms with van der Waals surface area (Å²) in [6.07, 6.45) is 0. The third-order valence-corrected chi connectivity index (χ3v) is 4.14. The second-order valence-electron chi connectivity index (χ2n) is 2.28. The molecular weight excluding hydrogens is 354 g/mol. The molecule has 0 radical (unpaired) electrons. The lowest BCUT2D eigenvalue weighted by atomic mass is 10.1. The van der Waals surface area contributed by atoms with E-state index >= 15 is 0 Å². The topological polar surface area (TPSA) is 17.1 Å². The lowest BCUT2D eigenvalue weighted by Crippen LogP contribution is -1.96. The number of rotatable bonds is 1. The highest BCUT2D eigenvalue weighted by Gasteiger charge is 2.10. The number of carbonyl (C=O) groups is 1. The van der Waals surface area contributed by atoms with Crippen LogP contribution in [0, 0.1) is 3.57 Å². The summed E-state index contributed by atoms with van der Waals surface area (Å²) in [6, 6.07) is 3.54. The Morgan fingerprint density at radius 3 is 2.67 bits per heavy atom. The van der Waals surface area contributed by atoms with Crippen LogP contribution in [0.4, 0.5) is 0 Å². The van der Waals surface area contributed by atoms with Gasteiger partial charge in [0.25, 0.3) is 0 Å². The molecule has 12 heavy (non-hydrogen) atoms. The first-order chi connectivity index (χ1) is 5.54. The number of halogens is 3. The fraction of sp³-hybridized carbons (Fsp3) is 0.125. The fourth-order valence-electron chi connectivity index (χ4n) is 0.798. The smallest absolute Gasteiger partial charge is 0.160 e. The van der Waals surface area contributed by atoms with Gasteiger partial charge in [0.05, 0.1) is 5.02 Å². The monoisotopic (exact) mass is 358 g/mol. The first-order valence-electron chi connectivity index (χ1n) is 3.18. The van der Waals surface area contributed by atoms with Gasteiger partial charge in [-0.25, -0.2) is 0 Å². The minimum Gasteiger partial charge on any atom is -0.294 e. The molecule has 0 spiro atoms. The van der Waals surface area contributed by atoms with Crippen LogP contribution in [-0.2, 0) is 0 Å². The second kappa shape index (κ2) is 4.07. The lowest BCUT2D eigenvalue weighted by Gasteiger charge is -2.03. The van der Waals surface area contributed by atoms with Gasteiger partial charge in [0.2, 0.25) is 0 Å². The molecule has 1 aromatic rings. The molecule has 1 aromatic carbocycles. The maximum absolute atomic E-state index is 11.1. The van der Waals surface area contributed by atoms with Crippen molar-refractivity contribution < 1.29 is 4.79 Å². The van der Waals surface area contributed by atoms with Gasteiger partial charge >= 0.3 is 0 Å². The average molecular weight is 359 g/mol. The van der Waals surface area contributed by atoms with E-state index < -0.39 is 0 Å². The third-order valence-electron chi connectivity index (χ3n) is 1.41. The van der Waals surface area contributed by atoms with Crippen LogP contribution in [0.3, 0.4) is 0 Å². The van der Waals surface area contributed by atoms with Crippen LogP contribution in [0.15, 0.2) is 16.6 Å². The standard InChI is InChI=1S/C8H5BrClIO/c1-4(12)5-2-3-6(9)7(10)8(5)11/h2-3H,1H3. The first kappa shape index (κ1) is 10.5. The van der Waals surface area contributed by atoms with Gasteiger partial charge in [0, 0.05) is 13.6 Å². The van der Waals surface area contributed by atoms with Crippen LogP contribution in [-0.4, -0.2) is 5.78 Å². The van der Waals surface area contributed by atoms with Crippen LogP contribution >= 0.6 is 50.1 Å². The number of Topliss-reactive ketones (excluding diaryl/α,β-unsaturated/α-hetero) is 1. The highest BCUT2D eigenvalue weighted by molar-refractivity contribution is 14.1. The van der Waals surface area contributed by atoms with Gasteiger partial charge in [-0.3, -0.25) is 4.79 Å². The summed E-state index contributed by atoms with van der Waals surface area (Å²) in [4.78, 5) is 11.1. The van der Waals surface area contributed by atoms with Crippen molar-refractivity contribution in [1.82, 2.24) is 0 Å². The first-order valence-corrected chi connectivity index (χ1v) is 5.43. The molecule has 4 heteroatoms. The van der Waals surface area contributed by atoms with Crippen molar-refractivity contribution in [2.24, 2.45) is 0 Å². The Kier molecular flexibility index (Phi) is 3.55. The molecule has 0 atom stereocenters. The van der Waals surface area contributed by atoms with E-state index in [9.17, 15) is 4.79 Å². The van der Waals surface area contributed by atoms with Gasteiger partial charge < -0.3 is 0 Å². The van der Waals surface area contributed by atoms with Gasteiger partial charge in [-0.15, -0.1) is 0 Å². The molecule has 0 aliphatic carbocycles. The number of carbonyl (C=O) groups excluding carboxylic acids is 1. The molecular formula is C8H5BrClIO. The predicted octanol–water partition coefficient (Wildman–Crippen LogP) is 3.91. The van der Waals surface area contributed by atoms with E-state index in [4.69, 9.17) is 11.6 Å². The largest absolute Gasteiger partial charge is 0.294 e. The highest BCUT2D eigenvalue weighted by atomic mass is 127. The van der Waals surface area contributed by atoms with Gasteiger partial charge in [0.15, 0.2) is 5.78 Å². The molecule has 0 bridgehead atoms. The molecule has 0 amide bonds. The van der Waals surface area contributed by atoms with E-state index in [-0.39, 0.29) is 5.78 Å². The maximum atomic E-state index is 11.1. The molecule has 1 nitrogen and oxygen atoms in total. The van der Waals surface area contributed by atoms with Crippen LogP contribution in [0.25, 0.3) is 0 Å². The minimum absolute atomic E-state index is 0.0359. The Hall–Kier alpha value is 0.390. The van der Waals surface area contributed by atoms with Crippen molar-refractivity contribution in [3.8, 4) is 0 Å². The van der Waals surface area contributed by atoms with E-state index in [1.54, 1.807) is 12.1 Å². The van der Waals surface area contributed by atoms with Crippen LogP contribution < -0.4 is 0 Å². The molecule has 0 aliphatic rings. The fourth-order valence-corrected chi connectivity index (χ4v) is 2.51. The Morgan fingerprint density at radius 2 is 2.17 bits per heavy atom.